The second-order valence-electron chi connectivity index (χ2n) is 5.55. The van der Waals surface area contributed by atoms with E-state index in [1.54, 1.807) is 0 Å². The number of benzene rings is 2. The zero-order valence-corrected chi connectivity index (χ0v) is 11.5. The number of H-pyrrole nitrogens is 1. The molecule has 3 nitrogen and oxygen atoms in total. The summed E-state index contributed by atoms with van der Waals surface area (Å²) in [5.41, 5.74) is 6.25. The van der Waals surface area contributed by atoms with E-state index in [2.05, 4.69) is 59.7 Å². The Hall–Kier alpha value is -2.13. The first-order valence-corrected chi connectivity index (χ1v) is 7.06. The van der Waals surface area contributed by atoms with Gasteiger partial charge in [0.1, 0.15) is 5.82 Å². The van der Waals surface area contributed by atoms with Gasteiger partial charge in [0.15, 0.2) is 0 Å². The number of fused-ring (bicyclic) bond motifs is 2. The Morgan fingerprint density at radius 3 is 2.85 bits per heavy atom. The number of hydrogen-bond donors (Lipinski definition) is 2. The van der Waals surface area contributed by atoms with Crippen LogP contribution in [0.2, 0.25) is 0 Å². The molecule has 1 aromatic heterocycles. The Morgan fingerprint density at radius 2 is 1.95 bits per heavy atom. The molecule has 0 fully saturated rings. The average Bonchev–Trinajstić information content (AvgIpc) is 2.89. The summed E-state index contributed by atoms with van der Waals surface area (Å²) < 4.78 is 0. The highest BCUT2D eigenvalue weighted by molar-refractivity contribution is 5.75. The van der Waals surface area contributed by atoms with E-state index in [4.69, 9.17) is 4.98 Å². The molecule has 2 aromatic carbocycles. The van der Waals surface area contributed by atoms with Crippen molar-refractivity contribution in [1.29, 1.82) is 0 Å². The minimum atomic E-state index is 0.276. The zero-order valence-electron chi connectivity index (χ0n) is 11.5. The van der Waals surface area contributed by atoms with Crippen LogP contribution < -0.4 is 5.32 Å². The van der Waals surface area contributed by atoms with Crippen LogP contribution in [0, 0.1) is 6.92 Å². The number of aromatic amines is 1. The minimum Gasteiger partial charge on any atom is -0.341 e. The van der Waals surface area contributed by atoms with E-state index in [1.807, 2.05) is 0 Å². The highest BCUT2D eigenvalue weighted by atomic mass is 15.0. The number of nitrogens with one attached hydrogen (secondary N) is 2. The molecule has 2 N–H and O–H groups in total. The molecule has 4 rings (SSSR count). The van der Waals surface area contributed by atoms with Gasteiger partial charge in [-0.15, -0.1) is 0 Å². The van der Waals surface area contributed by atoms with Gasteiger partial charge in [0, 0.05) is 6.54 Å². The van der Waals surface area contributed by atoms with Crippen LogP contribution in [0.3, 0.4) is 0 Å². The molecule has 1 aliphatic heterocycles. The van der Waals surface area contributed by atoms with Gasteiger partial charge >= 0.3 is 0 Å². The van der Waals surface area contributed by atoms with Crippen molar-refractivity contribution >= 4 is 11.0 Å². The molecular formula is C17H17N3. The molecule has 0 amide bonds. The van der Waals surface area contributed by atoms with E-state index in [0.717, 1.165) is 29.8 Å². The third-order valence-electron chi connectivity index (χ3n) is 4.07. The quantitative estimate of drug-likeness (QED) is 0.707. The van der Waals surface area contributed by atoms with Crippen molar-refractivity contribution in [3.8, 4) is 0 Å². The van der Waals surface area contributed by atoms with Crippen LogP contribution in [0.5, 0.6) is 0 Å². The average molecular weight is 263 g/mol. The number of aromatic nitrogens is 2. The van der Waals surface area contributed by atoms with Gasteiger partial charge in [-0.25, -0.2) is 4.98 Å². The number of rotatable bonds is 1. The Kier molecular flexibility index (Phi) is 2.60. The summed E-state index contributed by atoms with van der Waals surface area (Å²) in [5, 5.41) is 3.57. The van der Waals surface area contributed by atoms with Crippen molar-refractivity contribution < 1.29 is 0 Å². The second kappa shape index (κ2) is 4.46. The summed E-state index contributed by atoms with van der Waals surface area (Å²) >= 11 is 0. The minimum absolute atomic E-state index is 0.276. The maximum atomic E-state index is 4.73. The first-order valence-electron chi connectivity index (χ1n) is 7.06. The third kappa shape index (κ3) is 1.91. The van der Waals surface area contributed by atoms with Crippen LogP contribution in [0.1, 0.15) is 28.6 Å². The smallest absolute Gasteiger partial charge is 0.124 e. The highest BCUT2D eigenvalue weighted by Gasteiger charge is 2.21. The lowest BCUT2D eigenvalue weighted by molar-refractivity contribution is 0.481. The fraction of sp³-hybridized carbons (Fsp3) is 0.235. The van der Waals surface area contributed by atoms with E-state index in [0.29, 0.717) is 0 Å². The van der Waals surface area contributed by atoms with Gasteiger partial charge in [-0.2, -0.15) is 0 Å². The van der Waals surface area contributed by atoms with Crippen LogP contribution in [0.25, 0.3) is 11.0 Å². The predicted octanol–water partition coefficient (Wildman–Crippen LogP) is 3.26. The molecule has 0 spiro atoms. The standard InChI is InChI=1S/C17H17N3/c1-11-6-7-14-15(8-11)20-17(19-14)16-9-12-4-2-3-5-13(12)10-18-16/h2-8,16,18H,9-10H2,1H3,(H,19,20). The molecule has 20 heavy (non-hydrogen) atoms. The van der Waals surface area contributed by atoms with E-state index < -0.39 is 0 Å². The van der Waals surface area contributed by atoms with Crippen molar-refractivity contribution in [2.75, 3.05) is 0 Å². The molecule has 100 valence electrons. The monoisotopic (exact) mass is 263 g/mol. The fourth-order valence-electron chi connectivity index (χ4n) is 2.96. The maximum Gasteiger partial charge on any atom is 0.124 e. The first-order chi connectivity index (χ1) is 9.79. The van der Waals surface area contributed by atoms with Gasteiger partial charge in [0.25, 0.3) is 0 Å². The van der Waals surface area contributed by atoms with Crippen LogP contribution in [-0.4, -0.2) is 9.97 Å². The van der Waals surface area contributed by atoms with Gasteiger partial charge in [0.2, 0.25) is 0 Å². The molecule has 3 heteroatoms. The summed E-state index contributed by atoms with van der Waals surface area (Å²) in [4.78, 5) is 8.20. The van der Waals surface area contributed by atoms with E-state index in [9.17, 15) is 0 Å². The molecule has 1 atom stereocenters. The SMILES string of the molecule is Cc1ccc2nc(C3Cc4ccccc4CN3)[nH]c2c1. The summed E-state index contributed by atoms with van der Waals surface area (Å²) in [6.07, 6.45) is 0.995. The van der Waals surface area contributed by atoms with Gasteiger partial charge in [-0.1, -0.05) is 30.3 Å². The van der Waals surface area contributed by atoms with E-state index in [1.165, 1.54) is 16.7 Å². The van der Waals surface area contributed by atoms with Crippen molar-refractivity contribution in [3.05, 3.63) is 65.0 Å². The molecule has 0 saturated heterocycles. The maximum absolute atomic E-state index is 4.73. The highest BCUT2D eigenvalue weighted by Crippen LogP contribution is 2.25. The molecule has 0 bridgehead atoms. The number of hydrogen-bond acceptors (Lipinski definition) is 2. The number of nitrogens with zero attached hydrogens (tertiary/aromatic N) is 1. The fourth-order valence-corrected chi connectivity index (χ4v) is 2.96. The van der Waals surface area contributed by atoms with Crippen LogP contribution in [0.4, 0.5) is 0 Å². The van der Waals surface area contributed by atoms with Crippen molar-refractivity contribution in [1.82, 2.24) is 15.3 Å². The Morgan fingerprint density at radius 1 is 1.10 bits per heavy atom. The molecule has 0 saturated carbocycles. The van der Waals surface area contributed by atoms with Gasteiger partial charge < -0.3 is 10.3 Å². The van der Waals surface area contributed by atoms with Crippen LogP contribution in [-0.2, 0) is 13.0 Å². The second-order valence-corrected chi connectivity index (χ2v) is 5.55. The summed E-state index contributed by atoms with van der Waals surface area (Å²) in [6, 6.07) is 15.3. The first kappa shape index (κ1) is 11.7. The molecule has 0 radical (unpaired) electrons. The summed E-state index contributed by atoms with van der Waals surface area (Å²) in [5.74, 6) is 1.04. The van der Waals surface area contributed by atoms with Crippen LogP contribution in [0.15, 0.2) is 42.5 Å². The third-order valence-corrected chi connectivity index (χ3v) is 4.07. The molecule has 1 unspecified atom stereocenters. The van der Waals surface area contributed by atoms with Crippen molar-refractivity contribution in [2.45, 2.75) is 25.9 Å². The molecule has 1 aliphatic rings. The largest absolute Gasteiger partial charge is 0.341 e. The molecule has 0 aliphatic carbocycles. The number of aryl methyl sites for hydroxylation is 1. The van der Waals surface area contributed by atoms with Gasteiger partial charge in [-0.05, 0) is 42.2 Å². The van der Waals surface area contributed by atoms with E-state index >= 15 is 0 Å². The van der Waals surface area contributed by atoms with E-state index in [-0.39, 0.29) is 6.04 Å². The molecule has 3 aromatic rings. The Labute approximate surface area is 118 Å². The lowest BCUT2D eigenvalue weighted by Gasteiger charge is -2.24. The number of imidazole rings is 1. The lowest BCUT2D eigenvalue weighted by Crippen LogP contribution is -2.29. The zero-order chi connectivity index (χ0) is 13.5. The van der Waals surface area contributed by atoms with Crippen molar-refractivity contribution in [3.63, 3.8) is 0 Å². The molecular weight excluding hydrogens is 246 g/mol. The normalized spacial score (nSPS) is 18.1. The summed E-state index contributed by atoms with van der Waals surface area (Å²) in [7, 11) is 0. The lowest BCUT2D eigenvalue weighted by atomic mass is 9.96. The molecule has 2 heterocycles. The Bertz CT molecular complexity index is 773. The Balaban J connectivity index is 1.70. The van der Waals surface area contributed by atoms with Crippen LogP contribution >= 0.6 is 0 Å². The summed E-state index contributed by atoms with van der Waals surface area (Å²) in [6.45, 7) is 3.02. The van der Waals surface area contributed by atoms with Gasteiger partial charge in [0.05, 0.1) is 17.1 Å². The topological polar surface area (TPSA) is 40.7 Å². The van der Waals surface area contributed by atoms with Crippen molar-refractivity contribution in [2.24, 2.45) is 0 Å². The van der Waals surface area contributed by atoms with Gasteiger partial charge in [-0.3, -0.25) is 0 Å². The predicted molar refractivity (Wildman–Crippen MR) is 80.6 cm³/mol.